The van der Waals surface area contributed by atoms with Crippen molar-refractivity contribution in [2.24, 2.45) is 7.05 Å². The van der Waals surface area contributed by atoms with Gasteiger partial charge in [0.15, 0.2) is 23.2 Å². The fraction of sp³-hybridized carbons (Fsp3) is 0.647. The van der Waals surface area contributed by atoms with Crippen molar-refractivity contribution in [3.05, 3.63) is 11.1 Å². The number of nitrogens with zero attached hydrogens (tertiary/aromatic N) is 3. The molecular weight excluding hydrogens is 420 g/mol. The van der Waals surface area contributed by atoms with Crippen LogP contribution in [0.3, 0.4) is 0 Å². The Balaban J connectivity index is 2.56. The summed E-state index contributed by atoms with van der Waals surface area (Å²) in [6.07, 6.45) is -2.97. The Kier molecular flexibility index (Phi) is 7.67. The Morgan fingerprint density at radius 1 is 1.10 bits per heavy atom. The van der Waals surface area contributed by atoms with Gasteiger partial charge >= 0.3 is 17.9 Å². The molecule has 0 radical (unpaired) electrons. The van der Waals surface area contributed by atoms with Gasteiger partial charge in [-0.3, -0.25) is 19.2 Å². The fourth-order valence-corrected chi connectivity index (χ4v) is 3.28. The van der Waals surface area contributed by atoms with Crippen LogP contribution in [0.4, 0.5) is 0 Å². The minimum absolute atomic E-state index is 0.258. The summed E-state index contributed by atoms with van der Waals surface area (Å²) in [7, 11) is 1.67. The standard InChI is InChI=1S/C17H24N4O8S/c1-8(22)19-13-15(28-11(4)25)14(27-10(3)24)12(6-26-9(2)23)29-16(13)21-17(30)20(5)7-18-21/h7,12-16H,6H2,1-5H3,(H,19,22)/t12-,13-,14-,15-,16-/m0/s1. The highest BCUT2D eigenvalue weighted by molar-refractivity contribution is 7.71. The van der Waals surface area contributed by atoms with Crippen LogP contribution in [0.2, 0.25) is 0 Å². The molecule has 1 aromatic rings. The van der Waals surface area contributed by atoms with E-state index in [4.69, 9.17) is 31.2 Å². The molecule has 1 aliphatic rings. The van der Waals surface area contributed by atoms with E-state index in [0.717, 1.165) is 0 Å². The first-order chi connectivity index (χ1) is 14.0. The molecular formula is C17H24N4O8S. The van der Waals surface area contributed by atoms with Crippen LogP contribution in [0.25, 0.3) is 0 Å². The summed E-state index contributed by atoms with van der Waals surface area (Å²) in [4.78, 5) is 46.7. The molecule has 1 aromatic heterocycles. The van der Waals surface area contributed by atoms with Gasteiger partial charge in [0.1, 0.15) is 25.1 Å². The number of hydrogen-bond donors (Lipinski definition) is 1. The van der Waals surface area contributed by atoms with Gasteiger partial charge in [-0.15, -0.1) is 0 Å². The molecule has 0 spiro atoms. The predicted molar refractivity (Wildman–Crippen MR) is 101 cm³/mol. The third-order valence-corrected chi connectivity index (χ3v) is 4.65. The molecule has 30 heavy (non-hydrogen) atoms. The van der Waals surface area contributed by atoms with Gasteiger partial charge in [0.05, 0.1) is 0 Å². The third-order valence-electron chi connectivity index (χ3n) is 4.18. The summed E-state index contributed by atoms with van der Waals surface area (Å²) in [5.74, 6) is -2.39. The molecule has 1 saturated heterocycles. The zero-order valence-corrected chi connectivity index (χ0v) is 18.0. The van der Waals surface area contributed by atoms with Gasteiger partial charge in [-0.25, -0.2) is 4.68 Å². The maximum Gasteiger partial charge on any atom is 0.303 e. The van der Waals surface area contributed by atoms with E-state index in [1.54, 1.807) is 11.6 Å². The lowest BCUT2D eigenvalue weighted by Gasteiger charge is -2.45. The van der Waals surface area contributed by atoms with Crippen LogP contribution < -0.4 is 5.32 Å². The second kappa shape index (κ2) is 9.80. The fourth-order valence-electron chi connectivity index (χ4n) is 3.09. The molecule has 0 bridgehead atoms. The van der Waals surface area contributed by atoms with E-state index >= 15 is 0 Å². The third kappa shape index (κ3) is 5.63. The van der Waals surface area contributed by atoms with Gasteiger partial charge in [-0.2, -0.15) is 5.10 Å². The number of rotatable bonds is 6. The normalized spacial score (nSPS) is 25.8. The van der Waals surface area contributed by atoms with Crippen molar-refractivity contribution < 1.29 is 38.1 Å². The molecule has 2 rings (SSSR count). The molecule has 0 aromatic carbocycles. The van der Waals surface area contributed by atoms with E-state index < -0.39 is 54.4 Å². The number of amides is 1. The molecule has 13 heteroatoms. The summed E-state index contributed by atoms with van der Waals surface area (Å²) in [5, 5.41) is 6.82. The van der Waals surface area contributed by atoms with Crippen LogP contribution in [0.15, 0.2) is 6.33 Å². The Bertz CT molecular complexity index is 881. The zero-order chi connectivity index (χ0) is 22.6. The summed E-state index contributed by atoms with van der Waals surface area (Å²) in [6, 6.07) is -1.01. The van der Waals surface area contributed by atoms with E-state index in [-0.39, 0.29) is 11.4 Å². The topological polar surface area (TPSA) is 140 Å². The van der Waals surface area contributed by atoms with Crippen molar-refractivity contribution in [2.75, 3.05) is 6.61 Å². The number of aromatic nitrogens is 3. The maximum atomic E-state index is 11.9. The Morgan fingerprint density at radius 2 is 1.70 bits per heavy atom. The summed E-state index contributed by atoms with van der Waals surface area (Å²) < 4.78 is 24.9. The first-order valence-corrected chi connectivity index (χ1v) is 9.42. The van der Waals surface area contributed by atoms with Crippen molar-refractivity contribution in [2.45, 2.75) is 58.3 Å². The Labute approximate surface area is 177 Å². The van der Waals surface area contributed by atoms with Crippen LogP contribution in [-0.4, -0.2) is 69.1 Å². The summed E-state index contributed by atoms with van der Waals surface area (Å²) in [5.41, 5.74) is 0. The van der Waals surface area contributed by atoms with E-state index in [0.29, 0.717) is 0 Å². The van der Waals surface area contributed by atoms with Gasteiger partial charge in [-0.1, -0.05) is 0 Å². The van der Waals surface area contributed by atoms with Crippen molar-refractivity contribution in [1.29, 1.82) is 0 Å². The molecule has 2 heterocycles. The average molecular weight is 444 g/mol. The molecule has 12 nitrogen and oxygen atoms in total. The highest BCUT2D eigenvalue weighted by Crippen LogP contribution is 2.32. The second-order valence-corrected chi connectivity index (χ2v) is 7.08. The predicted octanol–water partition coefficient (Wildman–Crippen LogP) is -0.220. The van der Waals surface area contributed by atoms with Crippen LogP contribution in [0, 0.1) is 4.77 Å². The van der Waals surface area contributed by atoms with E-state index in [9.17, 15) is 19.2 Å². The van der Waals surface area contributed by atoms with Gasteiger partial charge in [-0.05, 0) is 12.2 Å². The molecule has 5 atom stereocenters. The lowest BCUT2D eigenvalue weighted by Crippen LogP contribution is -2.64. The van der Waals surface area contributed by atoms with Crippen molar-refractivity contribution in [3.63, 3.8) is 0 Å². The number of nitrogens with one attached hydrogen (secondary N) is 1. The van der Waals surface area contributed by atoms with Crippen LogP contribution in [0.5, 0.6) is 0 Å². The van der Waals surface area contributed by atoms with Crippen molar-refractivity contribution in [3.8, 4) is 0 Å². The van der Waals surface area contributed by atoms with Crippen molar-refractivity contribution >= 4 is 36.0 Å². The monoisotopic (exact) mass is 444 g/mol. The Hall–Kier alpha value is -2.80. The van der Waals surface area contributed by atoms with Gasteiger partial charge < -0.3 is 28.8 Å². The van der Waals surface area contributed by atoms with Crippen LogP contribution in [-0.2, 0) is 45.2 Å². The molecule has 0 saturated carbocycles. The summed E-state index contributed by atoms with van der Waals surface area (Å²) >= 11 is 5.34. The first kappa shape index (κ1) is 23.5. The lowest BCUT2D eigenvalue weighted by atomic mass is 9.95. The van der Waals surface area contributed by atoms with Crippen LogP contribution >= 0.6 is 12.2 Å². The maximum absolute atomic E-state index is 11.9. The number of aryl methyl sites for hydroxylation is 1. The van der Waals surface area contributed by atoms with Gasteiger partial charge in [0.25, 0.3) is 0 Å². The number of carbonyl (C=O) groups is 4. The molecule has 1 N–H and O–H groups in total. The first-order valence-electron chi connectivity index (χ1n) is 9.01. The molecule has 1 amide bonds. The molecule has 1 fully saturated rings. The van der Waals surface area contributed by atoms with E-state index in [1.165, 1.54) is 38.7 Å². The minimum atomic E-state index is -1.17. The van der Waals surface area contributed by atoms with Gasteiger partial charge in [0.2, 0.25) is 5.91 Å². The SMILES string of the molecule is CC(=O)N[C@H]1[C@H](OC(C)=O)[C@@H](OC(C)=O)[C@H](COC(C)=O)O[C@@H]1n1ncn(C)c1=S. The lowest BCUT2D eigenvalue weighted by molar-refractivity contribution is -0.239. The second-order valence-electron chi connectivity index (χ2n) is 6.71. The number of carbonyl (C=O) groups excluding carboxylic acids is 4. The highest BCUT2D eigenvalue weighted by Gasteiger charge is 2.52. The minimum Gasteiger partial charge on any atom is -0.463 e. The summed E-state index contributed by atoms with van der Waals surface area (Å²) in [6.45, 7) is 4.52. The van der Waals surface area contributed by atoms with Gasteiger partial charge in [0, 0.05) is 34.7 Å². The quantitative estimate of drug-likeness (QED) is 0.356. The zero-order valence-electron chi connectivity index (χ0n) is 17.2. The smallest absolute Gasteiger partial charge is 0.303 e. The largest absolute Gasteiger partial charge is 0.463 e. The molecule has 0 unspecified atom stereocenters. The highest BCUT2D eigenvalue weighted by atomic mass is 32.1. The Morgan fingerprint density at radius 3 is 2.17 bits per heavy atom. The molecule has 166 valence electrons. The number of ether oxygens (including phenoxy) is 4. The molecule has 1 aliphatic heterocycles. The van der Waals surface area contributed by atoms with E-state index in [1.807, 2.05) is 0 Å². The number of esters is 3. The average Bonchev–Trinajstić information content (AvgIpc) is 2.94. The van der Waals surface area contributed by atoms with E-state index in [2.05, 4.69) is 10.4 Å². The number of hydrogen-bond acceptors (Lipinski definition) is 10. The molecule has 0 aliphatic carbocycles. The van der Waals surface area contributed by atoms with Crippen LogP contribution in [0.1, 0.15) is 33.9 Å². The van der Waals surface area contributed by atoms with Crippen molar-refractivity contribution in [1.82, 2.24) is 19.7 Å².